The Bertz CT molecular complexity index is 408. The Balaban J connectivity index is 2.55. The van der Waals surface area contributed by atoms with Gasteiger partial charge in [-0.25, -0.2) is 0 Å². The molecule has 0 amide bonds. The Kier molecular flexibility index (Phi) is 3.15. The van der Waals surface area contributed by atoms with Crippen LogP contribution in [-0.4, -0.2) is 25.9 Å². The molecule has 1 saturated carbocycles. The second-order valence-electron chi connectivity index (χ2n) is 4.57. The van der Waals surface area contributed by atoms with Gasteiger partial charge in [0.25, 0.3) is 0 Å². The molecule has 0 spiro atoms. The van der Waals surface area contributed by atoms with Gasteiger partial charge in [0.2, 0.25) is 0 Å². The summed E-state index contributed by atoms with van der Waals surface area (Å²) in [7, 11) is 3.18. The lowest BCUT2D eigenvalue weighted by Crippen LogP contribution is -2.41. The van der Waals surface area contributed by atoms with Crippen molar-refractivity contribution in [2.75, 3.05) is 20.8 Å². The molecule has 0 saturated heterocycles. The van der Waals surface area contributed by atoms with Crippen LogP contribution in [0.4, 0.5) is 0 Å². The van der Waals surface area contributed by atoms with Gasteiger partial charge in [-0.1, -0.05) is 6.42 Å². The molecule has 0 aliphatic heterocycles. The van der Waals surface area contributed by atoms with Crippen LogP contribution in [0.1, 0.15) is 24.8 Å². The standard InChI is InChI=1S/C13H19NO3/c1-16-11-7-9(15)6-10(12(11)17-2)13(8-14)4-3-5-13/h6-7,15H,3-5,8,14H2,1-2H3. The molecule has 1 aromatic rings. The molecule has 17 heavy (non-hydrogen) atoms. The molecular formula is C13H19NO3. The van der Waals surface area contributed by atoms with Crippen LogP contribution < -0.4 is 15.2 Å². The van der Waals surface area contributed by atoms with Crippen molar-refractivity contribution in [1.82, 2.24) is 0 Å². The first-order valence-electron chi connectivity index (χ1n) is 5.82. The number of benzene rings is 1. The average Bonchev–Trinajstić information content (AvgIpc) is 2.27. The summed E-state index contributed by atoms with van der Waals surface area (Å²) in [5, 5.41) is 9.75. The van der Waals surface area contributed by atoms with E-state index in [-0.39, 0.29) is 11.2 Å². The zero-order valence-electron chi connectivity index (χ0n) is 10.3. The minimum absolute atomic E-state index is 0.0582. The zero-order chi connectivity index (χ0) is 12.5. The van der Waals surface area contributed by atoms with Crippen molar-refractivity contribution in [1.29, 1.82) is 0 Å². The van der Waals surface area contributed by atoms with Crippen molar-refractivity contribution in [3.63, 3.8) is 0 Å². The second-order valence-corrected chi connectivity index (χ2v) is 4.57. The van der Waals surface area contributed by atoms with E-state index in [4.69, 9.17) is 15.2 Å². The van der Waals surface area contributed by atoms with Gasteiger partial charge in [0.1, 0.15) is 5.75 Å². The molecule has 0 atom stereocenters. The van der Waals surface area contributed by atoms with Crippen LogP contribution in [0.15, 0.2) is 12.1 Å². The molecule has 1 aromatic carbocycles. The summed E-state index contributed by atoms with van der Waals surface area (Å²) >= 11 is 0. The number of aromatic hydroxyl groups is 1. The fourth-order valence-electron chi connectivity index (χ4n) is 2.53. The van der Waals surface area contributed by atoms with Crippen LogP contribution in [0.3, 0.4) is 0 Å². The van der Waals surface area contributed by atoms with Crippen molar-refractivity contribution in [3.05, 3.63) is 17.7 Å². The minimum atomic E-state index is -0.0582. The lowest BCUT2D eigenvalue weighted by molar-refractivity contribution is 0.239. The molecule has 1 aliphatic rings. The number of methoxy groups -OCH3 is 2. The van der Waals surface area contributed by atoms with Crippen molar-refractivity contribution in [2.45, 2.75) is 24.7 Å². The van der Waals surface area contributed by atoms with Crippen LogP contribution in [0.25, 0.3) is 0 Å². The maximum absolute atomic E-state index is 9.75. The molecule has 0 bridgehead atoms. The molecule has 4 nitrogen and oxygen atoms in total. The van der Waals surface area contributed by atoms with E-state index < -0.39 is 0 Å². The summed E-state index contributed by atoms with van der Waals surface area (Å²) in [4.78, 5) is 0. The summed E-state index contributed by atoms with van der Waals surface area (Å²) in [6.45, 7) is 0.565. The number of rotatable bonds is 4. The molecule has 1 aliphatic carbocycles. The smallest absolute Gasteiger partial charge is 0.164 e. The normalized spacial score (nSPS) is 17.4. The van der Waals surface area contributed by atoms with E-state index in [0.717, 1.165) is 18.4 Å². The van der Waals surface area contributed by atoms with E-state index in [2.05, 4.69) is 0 Å². The Labute approximate surface area is 101 Å². The van der Waals surface area contributed by atoms with Gasteiger partial charge in [-0.15, -0.1) is 0 Å². The van der Waals surface area contributed by atoms with E-state index in [1.807, 2.05) is 0 Å². The highest BCUT2D eigenvalue weighted by atomic mass is 16.5. The van der Waals surface area contributed by atoms with Crippen LogP contribution in [0, 0.1) is 0 Å². The van der Waals surface area contributed by atoms with Crippen LogP contribution in [0.5, 0.6) is 17.2 Å². The second kappa shape index (κ2) is 4.45. The number of phenols is 1. The predicted octanol–water partition coefficient (Wildman–Crippen LogP) is 1.79. The number of nitrogens with two attached hydrogens (primary N) is 1. The van der Waals surface area contributed by atoms with Gasteiger partial charge in [0.15, 0.2) is 11.5 Å². The Morgan fingerprint density at radius 2 is 2.00 bits per heavy atom. The minimum Gasteiger partial charge on any atom is -0.508 e. The molecule has 0 heterocycles. The van der Waals surface area contributed by atoms with E-state index in [1.54, 1.807) is 26.4 Å². The van der Waals surface area contributed by atoms with Crippen molar-refractivity contribution < 1.29 is 14.6 Å². The number of hydrogen-bond donors (Lipinski definition) is 2. The maximum Gasteiger partial charge on any atom is 0.164 e. The number of ether oxygens (including phenoxy) is 2. The van der Waals surface area contributed by atoms with Crippen molar-refractivity contribution in [2.24, 2.45) is 5.73 Å². The van der Waals surface area contributed by atoms with Gasteiger partial charge >= 0.3 is 0 Å². The average molecular weight is 237 g/mol. The van der Waals surface area contributed by atoms with Gasteiger partial charge in [0.05, 0.1) is 14.2 Å². The van der Waals surface area contributed by atoms with Crippen LogP contribution in [-0.2, 0) is 5.41 Å². The molecule has 0 unspecified atom stereocenters. The topological polar surface area (TPSA) is 64.7 Å². The lowest BCUT2D eigenvalue weighted by atomic mass is 9.64. The highest BCUT2D eigenvalue weighted by Crippen LogP contribution is 2.50. The van der Waals surface area contributed by atoms with Crippen molar-refractivity contribution >= 4 is 0 Å². The highest BCUT2D eigenvalue weighted by Gasteiger charge is 2.40. The Morgan fingerprint density at radius 3 is 2.41 bits per heavy atom. The fraction of sp³-hybridized carbons (Fsp3) is 0.538. The third-order valence-corrected chi connectivity index (χ3v) is 3.74. The molecule has 0 aromatic heterocycles. The third-order valence-electron chi connectivity index (χ3n) is 3.74. The Hall–Kier alpha value is -1.42. The molecule has 4 heteroatoms. The van der Waals surface area contributed by atoms with Crippen molar-refractivity contribution in [3.8, 4) is 17.2 Å². The third kappa shape index (κ3) is 1.82. The fourth-order valence-corrected chi connectivity index (χ4v) is 2.53. The first-order valence-corrected chi connectivity index (χ1v) is 5.82. The maximum atomic E-state index is 9.75. The summed E-state index contributed by atoms with van der Waals surface area (Å²) in [6.07, 6.45) is 3.23. The molecule has 2 rings (SSSR count). The van der Waals surface area contributed by atoms with E-state index >= 15 is 0 Å². The summed E-state index contributed by atoms with van der Waals surface area (Å²) in [5.41, 5.74) is 6.79. The largest absolute Gasteiger partial charge is 0.508 e. The number of phenolic OH excluding ortho intramolecular Hbond substituents is 1. The summed E-state index contributed by atoms with van der Waals surface area (Å²) in [6, 6.07) is 3.30. The number of hydrogen-bond acceptors (Lipinski definition) is 4. The molecule has 3 N–H and O–H groups in total. The van der Waals surface area contributed by atoms with E-state index in [1.165, 1.54) is 6.42 Å². The van der Waals surface area contributed by atoms with Crippen LogP contribution in [0.2, 0.25) is 0 Å². The molecule has 0 radical (unpaired) electrons. The van der Waals surface area contributed by atoms with E-state index in [0.29, 0.717) is 18.0 Å². The van der Waals surface area contributed by atoms with Gasteiger partial charge < -0.3 is 20.3 Å². The quantitative estimate of drug-likeness (QED) is 0.838. The SMILES string of the molecule is COc1cc(O)cc(C2(CN)CCC2)c1OC. The summed E-state index contributed by atoms with van der Waals surface area (Å²) in [5.74, 6) is 1.44. The van der Waals surface area contributed by atoms with Gasteiger partial charge in [-0.2, -0.15) is 0 Å². The first kappa shape index (κ1) is 12.0. The van der Waals surface area contributed by atoms with Gasteiger partial charge in [-0.3, -0.25) is 0 Å². The first-order chi connectivity index (χ1) is 8.16. The highest BCUT2D eigenvalue weighted by molar-refractivity contribution is 5.55. The monoisotopic (exact) mass is 237 g/mol. The molecular weight excluding hydrogens is 218 g/mol. The molecule has 1 fully saturated rings. The van der Waals surface area contributed by atoms with Crippen LogP contribution >= 0.6 is 0 Å². The lowest BCUT2D eigenvalue weighted by Gasteiger charge is -2.42. The van der Waals surface area contributed by atoms with E-state index in [9.17, 15) is 5.11 Å². The van der Waals surface area contributed by atoms with Gasteiger partial charge in [0, 0.05) is 23.6 Å². The predicted molar refractivity (Wildman–Crippen MR) is 65.8 cm³/mol. The zero-order valence-corrected chi connectivity index (χ0v) is 10.3. The Morgan fingerprint density at radius 1 is 1.29 bits per heavy atom. The van der Waals surface area contributed by atoms with Gasteiger partial charge in [-0.05, 0) is 18.9 Å². The molecule has 94 valence electrons. The summed E-state index contributed by atoms with van der Waals surface area (Å²) < 4.78 is 10.7.